The number of hydrogen-bond donors (Lipinski definition) is 2. The smallest absolute Gasteiger partial charge is 0.329 e. The summed E-state index contributed by atoms with van der Waals surface area (Å²) < 4.78 is 1.76. The highest BCUT2D eigenvalue weighted by atomic mass is 16.6. The zero-order valence-corrected chi connectivity index (χ0v) is 11.2. The molecule has 2 N–H and O–H groups in total. The second kappa shape index (κ2) is 5.95. The van der Waals surface area contributed by atoms with E-state index in [1.165, 1.54) is 6.20 Å². The molecule has 0 aliphatic heterocycles. The van der Waals surface area contributed by atoms with Crippen LogP contribution in [0.2, 0.25) is 0 Å². The van der Waals surface area contributed by atoms with Crippen molar-refractivity contribution in [3.63, 3.8) is 0 Å². The average Bonchev–Trinajstić information content (AvgIpc) is 2.84. The molecule has 0 amide bonds. The minimum Gasteiger partial charge on any atom is -0.364 e. The molecule has 0 saturated carbocycles. The van der Waals surface area contributed by atoms with Crippen molar-refractivity contribution in [2.45, 2.75) is 6.42 Å². The summed E-state index contributed by atoms with van der Waals surface area (Å²) in [6.07, 6.45) is 3.58. The Morgan fingerprint density at radius 2 is 2.30 bits per heavy atom. The van der Waals surface area contributed by atoms with Gasteiger partial charge in [-0.3, -0.25) is 14.8 Å². The average molecular weight is 277 g/mol. The van der Waals surface area contributed by atoms with Gasteiger partial charge < -0.3 is 10.6 Å². The Morgan fingerprint density at radius 1 is 1.50 bits per heavy atom. The van der Waals surface area contributed by atoms with Gasteiger partial charge in [-0.1, -0.05) is 0 Å². The summed E-state index contributed by atoms with van der Waals surface area (Å²) in [6.45, 7) is 0.514. The maximum absolute atomic E-state index is 10.9. The van der Waals surface area contributed by atoms with E-state index in [4.69, 9.17) is 0 Å². The number of nitrogens with one attached hydrogen (secondary N) is 2. The van der Waals surface area contributed by atoms with E-state index in [-0.39, 0.29) is 11.5 Å². The topological polar surface area (TPSA) is 111 Å². The van der Waals surface area contributed by atoms with Gasteiger partial charge in [-0.2, -0.15) is 10.1 Å². The van der Waals surface area contributed by atoms with E-state index in [1.807, 2.05) is 13.1 Å². The van der Waals surface area contributed by atoms with Crippen molar-refractivity contribution in [2.24, 2.45) is 7.05 Å². The lowest BCUT2D eigenvalue weighted by atomic mass is 10.3. The van der Waals surface area contributed by atoms with E-state index >= 15 is 0 Å². The first-order valence-corrected chi connectivity index (χ1v) is 6.01. The monoisotopic (exact) mass is 277 g/mol. The van der Waals surface area contributed by atoms with Crippen LogP contribution in [0.4, 0.5) is 17.5 Å². The third kappa shape index (κ3) is 2.99. The normalized spacial score (nSPS) is 10.3. The zero-order chi connectivity index (χ0) is 14.5. The largest absolute Gasteiger partial charge is 0.364 e. The van der Waals surface area contributed by atoms with Crippen LogP contribution in [0, 0.1) is 10.1 Å². The Morgan fingerprint density at radius 3 is 2.90 bits per heavy atom. The quantitative estimate of drug-likeness (QED) is 0.593. The van der Waals surface area contributed by atoms with Gasteiger partial charge in [-0.25, -0.2) is 4.98 Å². The maximum Gasteiger partial charge on any atom is 0.329 e. The predicted molar refractivity (Wildman–Crippen MR) is 73.6 cm³/mol. The van der Waals surface area contributed by atoms with E-state index in [2.05, 4.69) is 25.7 Å². The molecule has 0 aliphatic carbocycles. The fourth-order valence-electron chi connectivity index (χ4n) is 1.72. The van der Waals surface area contributed by atoms with E-state index in [1.54, 1.807) is 17.9 Å². The van der Waals surface area contributed by atoms with Gasteiger partial charge in [0.05, 0.1) is 4.92 Å². The Bertz CT molecular complexity index is 611. The van der Waals surface area contributed by atoms with Gasteiger partial charge in [0.25, 0.3) is 0 Å². The van der Waals surface area contributed by atoms with Crippen LogP contribution in [0.15, 0.2) is 18.5 Å². The van der Waals surface area contributed by atoms with Crippen LogP contribution >= 0.6 is 0 Å². The number of aryl methyl sites for hydroxylation is 1. The Balaban J connectivity index is 2.07. The second-order valence-electron chi connectivity index (χ2n) is 4.06. The van der Waals surface area contributed by atoms with Gasteiger partial charge >= 0.3 is 5.69 Å². The van der Waals surface area contributed by atoms with E-state index in [9.17, 15) is 10.1 Å². The molecule has 0 radical (unpaired) electrons. The molecule has 0 unspecified atom stereocenters. The molecular weight excluding hydrogens is 262 g/mol. The molecule has 106 valence electrons. The molecule has 2 rings (SSSR count). The standard InChI is InChI=1S/C11H15N7O2/c1-12-11-14-7-9(18(19)20)10(16-11)13-5-3-8-4-6-15-17(8)2/h4,6-7H,3,5H2,1-2H3,(H2,12,13,14,16). The fourth-order valence-corrected chi connectivity index (χ4v) is 1.72. The van der Waals surface area contributed by atoms with Crippen molar-refractivity contribution in [3.05, 3.63) is 34.3 Å². The van der Waals surface area contributed by atoms with E-state index in [0.717, 1.165) is 5.69 Å². The van der Waals surface area contributed by atoms with Gasteiger partial charge in [0, 0.05) is 39.0 Å². The highest BCUT2D eigenvalue weighted by molar-refractivity contribution is 5.56. The summed E-state index contributed by atoms with van der Waals surface area (Å²) in [5.74, 6) is 0.537. The molecule has 2 aromatic rings. The molecule has 0 bridgehead atoms. The van der Waals surface area contributed by atoms with Gasteiger partial charge in [-0.05, 0) is 6.07 Å². The number of nitrogens with zero attached hydrogens (tertiary/aromatic N) is 5. The maximum atomic E-state index is 10.9. The lowest BCUT2D eigenvalue weighted by Gasteiger charge is -2.07. The number of aromatic nitrogens is 4. The van der Waals surface area contributed by atoms with E-state index < -0.39 is 4.92 Å². The third-order valence-corrected chi connectivity index (χ3v) is 2.79. The van der Waals surface area contributed by atoms with Crippen LogP contribution in [-0.4, -0.2) is 38.3 Å². The predicted octanol–water partition coefficient (Wildman–Crippen LogP) is 0.815. The molecule has 0 spiro atoms. The van der Waals surface area contributed by atoms with E-state index in [0.29, 0.717) is 18.9 Å². The summed E-state index contributed by atoms with van der Waals surface area (Å²) >= 11 is 0. The Hall–Kier alpha value is -2.71. The van der Waals surface area contributed by atoms with Crippen LogP contribution in [0.5, 0.6) is 0 Å². The molecular formula is C11H15N7O2. The fraction of sp³-hybridized carbons (Fsp3) is 0.364. The first-order chi connectivity index (χ1) is 9.61. The van der Waals surface area contributed by atoms with Crippen LogP contribution in [0.3, 0.4) is 0 Å². The number of nitro groups is 1. The molecule has 0 aliphatic rings. The Kier molecular flexibility index (Phi) is 4.08. The van der Waals surface area contributed by atoms with Crippen molar-refractivity contribution in [2.75, 3.05) is 24.2 Å². The van der Waals surface area contributed by atoms with Gasteiger partial charge in [-0.15, -0.1) is 0 Å². The van der Waals surface area contributed by atoms with Gasteiger partial charge in [0.1, 0.15) is 6.20 Å². The van der Waals surface area contributed by atoms with Crippen molar-refractivity contribution < 1.29 is 4.92 Å². The summed E-state index contributed by atoms with van der Waals surface area (Å²) in [7, 11) is 3.50. The van der Waals surface area contributed by atoms with Gasteiger partial charge in [0.2, 0.25) is 11.8 Å². The van der Waals surface area contributed by atoms with Crippen molar-refractivity contribution >= 4 is 17.5 Å². The number of anilines is 2. The summed E-state index contributed by atoms with van der Waals surface area (Å²) in [5, 5.41) is 20.7. The summed E-state index contributed by atoms with van der Waals surface area (Å²) in [4.78, 5) is 18.3. The molecule has 2 aromatic heterocycles. The molecule has 2 heterocycles. The number of hydrogen-bond acceptors (Lipinski definition) is 7. The van der Waals surface area contributed by atoms with Crippen molar-refractivity contribution in [3.8, 4) is 0 Å². The SMILES string of the molecule is CNc1ncc([N+](=O)[O-])c(NCCc2ccnn2C)n1. The third-order valence-electron chi connectivity index (χ3n) is 2.79. The van der Waals surface area contributed by atoms with Crippen molar-refractivity contribution in [1.82, 2.24) is 19.7 Å². The van der Waals surface area contributed by atoms with Crippen LogP contribution < -0.4 is 10.6 Å². The highest BCUT2D eigenvalue weighted by Gasteiger charge is 2.16. The van der Waals surface area contributed by atoms with Crippen LogP contribution in [0.1, 0.15) is 5.69 Å². The molecule has 0 saturated heterocycles. The lowest BCUT2D eigenvalue weighted by molar-refractivity contribution is -0.384. The lowest BCUT2D eigenvalue weighted by Crippen LogP contribution is -2.12. The minimum absolute atomic E-state index is 0.144. The molecule has 9 nitrogen and oxygen atoms in total. The first kappa shape index (κ1) is 13.7. The van der Waals surface area contributed by atoms with Crippen LogP contribution in [-0.2, 0) is 13.5 Å². The molecule has 20 heavy (non-hydrogen) atoms. The molecule has 9 heteroatoms. The molecule has 0 atom stereocenters. The highest BCUT2D eigenvalue weighted by Crippen LogP contribution is 2.21. The van der Waals surface area contributed by atoms with Crippen molar-refractivity contribution in [1.29, 1.82) is 0 Å². The van der Waals surface area contributed by atoms with Gasteiger partial charge in [0.15, 0.2) is 0 Å². The zero-order valence-electron chi connectivity index (χ0n) is 11.2. The Labute approximate surface area is 115 Å². The first-order valence-electron chi connectivity index (χ1n) is 6.01. The minimum atomic E-state index is -0.508. The second-order valence-corrected chi connectivity index (χ2v) is 4.06. The summed E-state index contributed by atoms with van der Waals surface area (Å²) in [5.41, 5.74) is 0.886. The number of rotatable bonds is 6. The summed E-state index contributed by atoms with van der Waals surface area (Å²) in [6, 6.07) is 1.90. The molecule has 0 fully saturated rings. The van der Waals surface area contributed by atoms with Crippen LogP contribution in [0.25, 0.3) is 0 Å². The molecule has 0 aromatic carbocycles.